The second kappa shape index (κ2) is 1.92. The lowest BCUT2D eigenvalue weighted by Gasteiger charge is -2.05. The van der Waals surface area contributed by atoms with Gasteiger partial charge in [-0.3, -0.25) is 4.79 Å². The monoisotopic (exact) mass is 136 g/mol. The number of carbonyl (C=O) groups is 1. The largest absolute Gasteiger partial charge is 0.366 e. The first-order chi connectivity index (χ1) is 4.71. The van der Waals surface area contributed by atoms with Gasteiger partial charge in [-0.15, -0.1) is 0 Å². The first-order valence-electron chi connectivity index (χ1n) is 2.52. The van der Waals surface area contributed by atoms with Crippen molar-refractivity contribution in [3.05, 3.63) is 12.3 Å². The Balaban J connectivity index is 3.05. The molecule has 0 fully saturated rings. The summed E-state index contributed by atoms with van der Waals surface area (Å²) in [4.78, 5) is 10.5. The summed E-state index contributed by atoms with van der Waals surface area (Å²) in [6.07, 6.45) is 2.53. The number of primary amides is 1. The number of rotatable bonds is 1. The zero-order chi connectivity index (χ0) is 7.61. The first kappa shape index (κ1) is 6.42. The molecular formula is C5H4N4O. The average Bonchev–Trinajstić information content (AvgIpc) is 2.35. The Morgan fingerprint density at radius 3 is 2.70 bits per heavy atom. The summed E-state index contributed by atoms with van der Waals surface area (Å²) in [6.45, 7) is 0. The summed E-state index contributed by atoms with van der Waals surface area (Å²) in [6, 6.07) is 1.66. The zero-order valence-corrected chi connectivity index (χ0v) is 4.98. The maximum Gasteiger partial charge on any atom is 0.266 e. The van der Waals surface area contributed by atoms with Gasteiger partial charge >= 0.3 is 0 Å². The van der Waals surface area contributed by atoms with E-state index < -0.39 is 11.4 Å². The molecule has 0 spiro atoms. The lowest BCUT2D eigenvalue weighted by molar-refractivity contribution is -0.119. The van der Waals surface area contributed by atoms with Crippen LogP contribution in [0.1, 0.15) is 0 Å². The van der Waals surface area contributed by atoms with Crippen LogP contribution in [0, 0.1) is 11.3 Å². The molecule has 1 aliphatic heterocycles. The summed E-state index contributed by atoms with van der Waals surface area (Å²) in [5, 5.41) is 15.1. The van der Waals surface area contributed by atoms with E-state index in [0.29, 0.717) is 0 Å². The van der Waals surface area contributed by atoms with Gasteiger partial charge in [0.05, 0.1) is 0 Å². The maximum atomic E-state index is 10.5. The Morgan fingerprint density at radius 1 is 1.80 bits per heavy atom. The zero-order valence-electron chi connectivity index (χ0n) is 4.98. The molecular weight excluding hydrogens is 132 g/mol. The second-order valence-electron chi connectivity index (χ2n) is 1.77. The highest BCUT2D eigenvalue weighted by atomic mass is 16.1. The van der Waals surface area contributed by atoms with Crippen molar-refractivity contribution in [2.45, 2.75) is 5.54 Å². The molecule has 0 radical (unpaired) electrons. The topological polar surface area (TPSA) is 91.6 Å². The van der Waals surface area contributed by atoms with E-state index in [1.807, 2.05) is 0 Å². The van der Waals surface area contributed by atoms with E-state index in [2.05, 4.69) is 10.2 Å². The Kier molecular flexibility index (Phi) is 1.23. The third kappa shape index (κ3) is 0.666. The number of carbonyl (C=O) groups excluding carboxylic acids is 1. The molecule has 0 aromatic carbocycles. The quantitative estimate of drug-likeness (QED) is 0.536. The fourth-order valence-corrected chi connectivity index (χ4v) is 0.545. The molecule has 1 amide bonds. The number of azo groups is 1. The van der Waals surface area contributed by atoms with Gasteiger partial charge in [0, 0.05) is 6.20 Å². The van der Waals surface area contributed by atoms with Crippen LogP contribution in [-0.2, 0) is 4.79 Å². The van der Waals surface area contributed by atoms with E-state index in [1.165, 1.54) is 12.3 Å². The number of nitriles is 1. The van der Waals surface area contributed by atoms with Crippen molar-refractivity contribution >= 4 is 5.91 Å². The van der Waals surface area contributed by atoms with Gasteiger partial charge in [-0.05, 0) is 6.08 Å². The van der Waals surface area contributed by atoms with Crippen LogP contribution in [-0.4, -0.2) is 11.4 Å². The van der Waals surface area contributed by atoms with Crippen LogP contribution in [0.5, 0.6) is 0 Å². The summed E-state index contributed by atoms with van der Waals surface area (Å²) in [5.74, 6) is -0.799. The van der Waals surface area contributed by atoms with E-state index in [1.54, 1.807) is 6.07 Å². The van der Waals surface area contributed by atoms with Crippen LogP contribution < -0.4 is 5.73 Å². The second-order valence-corrected chi connectivity index (χ2v) is 1.77. The van der Waals surface area contributed by atoms with Crippen molar-refractivity contribution in [3.63, 3.8) is 0 Å². The molecule has 0 aliphatic carbocycles. The fraction of sp³-hybridized carbons (Fsp3) is 0.200. The summed E-state index contributed by atoms with van der Waals surface area (Å²) < 4.78 is 0. The van der Waals surface area contributed by atoms with Gasteiger partial charge < -0.3 is 5.73 Å². The molecule has 1 atom stereocenters. The molecule has 1 unspecified atom stereocenters. The van der Waals surface area contributed by atoms with Crippen LogP contribution in [0.2, 0.25) is 0 Å². The highest BCUT2D eigenvalue weighted by Gasteiger charge is 2.36. The van der Waals surface area contributed by atoms with Gasteiger partial charge in [-0.2, -0.15) is 15.5 Å². The molecule has 1 heterocycles. The van der Waals surface area contributed by atoms with Gasteiger partial charge in [0.1, 0.15) is 6.07 Å². The minimum Gasteiger partial charge on any atom is -0.366 e. The predicted molar refractivity (Wildman–Crippen MR) is 31.5 cm³/mol. The van der Waals surface area contributed by atoms with Crippen LogP contribution in [0.25, 0.3) is 0 Å². The summed E-state index contributed by atoms with van der Waals surface area (Å²) >= 11 is 0. The minimum atomic E-state index is -1.54. The van der Waals surface area contributed by atoms with E-state index in [0.717, 1.165) is 0 Å². The van der Waals surface area contributed by atoms with Crippen molar-refractivity contribution in [2.24, 2.45) is 16.0 Å². The van der Waals surface area contributed by atoms with Gasteiger partial charge in [0.25, 0.3) is 11.4 Å². The number of hydrogen-bond donors (Lipinski definition) is 1. The summed E-state index contributed by atoms with van der Waals surface area (Å²) in [7, 11) is 0. The van der Waals surface area contributed by atoms with E-state index in [-0.39, 0.29) is 0 Å². The van der Waals surface area contributed by atoms with E-state index >= 15 is 0 Å². The van der Waals surface area contributed by atoms with Crippen LogP contribution in [0.3, 0.4) is 0 Å². The molecule has 1 rings (SSSR count). The van der Waals surface area contributed by atoms with Crippen molar-refractivity contribution in [1.82, 2.24) is 0 Å². The third-order valence-corrected chi connectivity index (χ3v) is 1.14. The predicted octanol–water partition coefficient (Wildman–Crippen LogP) is -0.286. The normalized spacial score (nSPS) is 28.3. The highest BCUT2D eigenvalue weighted by molar-refractivity contribution is 5.90. The SMILES string of the molecule is N#CC1(C(N)=O)C=CN=N1. The Bertz CT molecular complexity index is 247. The van der Waals surface area contributed by atoms with Crippen LogP contribution in [0.4, 0.5) is 0 Å². The lowest BCUT2D eigenvalue weighted by atomic mass is 10.0. The van der Waals surface area contributed by atoms with Crippen molar-refractivity contribution < 1.29 is 4.79 Å². The number of hydrogen-bond acceptors (Lipinski definition) is 4. The number of nitrogens with two attached hydrogens (primary N) is 1. The van der Waals surface area contributed by atoms with E-state index in [9.17, 15) is 4.79 Å². The number of nitrogens with zero attached hydrogens (tertiary/aromatic N) is 3. The highest BCUT2D eigenvalue weighted by Crippen LogP contribution is 2.17. The minimum absolute atomic E-state index is 0.799. The molecule has 0 saturated heterocycles. The lowest BCUT2D eigenvalue weighted by Crippen LogP contribution is -2.37. The molecule has 10 heavy (non-hydrogen) atoms. The van der Waals surface area contributed by atoms with Crippen LogP contribution >= 0.6 is 0 Å². The van der Waals surface area contributed by atoms with Crippen molar-refractivity contribution in [1.29, 1.82) is 5.26 Å². The van der Waals surface area contributed by atoms with Gasteiger partial charge in [-0.25, -0.2) is 0 Å². The smallest absolute Gasteiger partial charge is 0.266 e. The fourth-order valence-electron chi connectivity index (χ4n) is 0.545. The van der Waals surface area contributed by atoms with Crippen LogP contribution in [0.15, 0.2) is 22.5 Å². The molecule has 0 saturated carbocycles. The van der Waals surface area contributed by atoms with Crippen molar-refractivity contribution in [2.75, 3.05) is 0 Å². The summed E-state index contributed by atoms with van der Waals surface area (Å²) in [5.41, 5.74) is 3.34. The van der Waals surface area contributed by atoms with Gasteiger partial charge in [-0.1, -0.05) is 0 Å². The Labute approximate surface area is 56.8 Å². The molecule has 0 aromatic heterocycles. The Morgan fingerprint density at radius 2 is 2.50 bits per heavy atom. The molecule has 50 valence electrons. The Hall–Kier alpha value is -1.70. The molecule has 0 bridgehead atoms. The van der Waals surface area contributed by atoms with Gasteiger partial charge in [0.2, 0.25) is 0 Å². The van der Waals surface area contributed by atoms with Gasteiger partial charge in [0.15, 0.2) is 0 Å². The average molecular weight is 136 g/mol. The first-order valence-corrected chi connectivity index (χ1v) is 2.52. The molecule has 2 N–H and O–H groups in total. The number of amides is 1. The molecule has 5 heteroatoms. The maximum absolute atomic E-state index is 10.5. The standard InChI is InChI=1S/C5H4N4O/c6-3-5(4(7)10)1-2-8-9-5/h1-2H,(H2,7,10). The molecule has 5 nitrogen and oxygen atoms in total. The van der Waals surface area contributed by atoms with Crippen molar-refractivity contribution in [3.8, 4) is 6.07 Å². The molecule has 0 aromatic rings. The molecule has 1 aliphatic rings. The third-order valence-electron chi connectivity index (χ3n) is 1.14. The van der Waals surface area contributed by atoms with E-state index in [4.69, 9.17) is 11.0 Å².